The number of ether oxygens (including phenoxy) is 1. The van der Waals surface area contributed by atoms with Crippen molar-refractivity contribution < 1.29 is 9.53 Å². The van der Waals surface area contributed by atoms with Crippen LogP contribution in [0.2, 0.25) is 0 Å². The Morgan fingerprint density at radius 3 is 2.77 bits per heavy atom. The van der Waals surface area contributed by atoms with Crippen LogP contribution >= 0.6 is 0 Å². The maximum absolute atomic E-state index is 13.2. The van der Waals surface area contributed by atoms with Gasteiger partial charge in [0.25, 0.3) is 0 Å². The molecule has 5 aromatic rings. The lowest BCUT2D eigenvalue weighted by molar-refractivity contribution is -0.117. The van der Waals surface area contributed by atoms with Crippen molar-refractivity contribution in [3.63, 3.8) is 0 Å². The molecule has 1 aliphatic carbocycles. The van der Waals surface area contributed by atoms with Crippen LogP contribution in [0.25, 0.3) is 22.2 Å². The summed E-state index contributed by atoms with van der Waals surface area (Å²) in [6.45, 7) is 5.68. The lowest BCUT2D eigenvalue weighted by Crippen LogP contribution is -2.33. The predicted octanol–water partition coefficient (Wildman–Crippen LogP) is 5.35. The molecule has 4 N–H and O–H groups in total. The fourth-order valence-corrected chi connectivity index (χ4v) is 6.51. The molecule has 1 aliphatic heterocycles. The van der Waals surface area contributed by atoms with Gasteiger partial charge in [-0.05, 0) is 44.7 Å². The number of H-pyrrole nitrogens is 1. The number of carbonyl (C=O) groups excluding carboxylic acids is 1. The van der Waals surface area contributed by atoms with Crippen molar-refractivity contribution in [1.82, 2.24) is 39.6 Å². The van der Waals surface area contributed by atoms with Crippen LogP contribution in [0.3, 0.4) is 0 Å². The maximum atomic E-state index is 13.2. The number of amides is 1. The van der Waals surface area contributed by atoms with E-state index in [0.29, 0.717) is 30.2 Å². The zero-order valence-electron chi connectivity index (χ0n) is 27.1. The summed E-state index contributed by atoms with van der Waals surface area (Å²) in [5.41, 5.74) is 5.26. The van der Waals surface area contributed by atoms with E-state index in [0.717, 1.165) is 57.9 Å². The molecular formula is C34H41N11O2. The highest BCUT2D eigenvalue weighted by Gasteiger charge is 2.26. The Labute approximate surface area is 273 Å². The van der Waals surface area contributed by atoms with Crippen LogP contribution in [0.1, 0.15) is 49.8 Å². The zero-order valence-corrected chi connectivity index (χ0v) is 27.1. The van der Waals surface area contributed by atoms with Crippen LogP contribution in [-0.2, 0) is 11.8 Å². The van der Waals surface area contributed by atoms with E-state index in [2.05, 4.69) is 45.9 Å². The quantitative estimate of drug-likeness (QED) is 0.158. The number of aromatic amines is 1. The van der Waals surface area contributed by atoms with E-state index in [4.69, 9.17) is 9.72 Å². The maximum Gasteiger partial charge on any atom is 0.238 e. The average molecular weight is 636 g/mol. The molecule has 13 heteroatoms. The number of hydrogen-bond donors (Lipinski definition) is 4. The second-order valence-corrected chi connectivity index (χ2v) is 12.6. The molecule has 0 radical (unpaired) electrons. The molecule has 0 spiro atoms. The number of anilines is 4. The van der Waals surface area contributed by atoms with Crippen molar-refractivity contribution in [1.29, 1.82) is 0 Å². The Balaban J connectivity index is 0.974. The van der Waals surface area contributed by atoms with Gasteiger partial charge in [0.1, 0.15) is 18.2 Å². The number of nitrogens with one attached hydrogen (secondary N) is 4. The number of aromatic nitrogens is 7. The van der Waals surface area contributed by atoms with Crippen LogP contribution in [-0.4, -0.2) is 77.3 Å². The third-order valence-corrected chi connectivity index (χ3v) is 9.05. The number of likely N-dealkylation sites (tertiary alicyclic amines) is 1. The molecule has 0 bridgehead atoms. The standard InChI is InChI=1S/C34H41N11O2/c1-21-16-36-34(41-29-14-22(2)44(3)43-29)42-32(21)26-17-35-33-25(26)10-7-11-27(33)40-30(46)19-45-13-12-24(18-45)47-31-15-28(37-20-38-31)39-23-8-5-4-6-9-23/h7,10-11,14-17,20,23-24,35H,4-6,8-9,12-13,18-19H2,1-3H3,(H,40,46)(H,37,38,39)(H,36,41,42,43)/t24-/m0/s1. The second-order valence-electron chi connectivity index (χ2n) is 12.6. The number of aryl methyl sites for hydroxylation is 3. The number of fused-ring (bicyclic) bond motifs is 1. The van der Waals surface area contributed by atoms with Crippen molar-refractivity contribution >= 4 is 40.1 Å². The summed E-state index contributed by atoms with van der Waals surface area (Å²) < 4.78 is 8.01. The molecule has 47 heavy (non-hydrogen) atoms. The average Bonchev–Trinajstić information content (AvgIpc) is 3.77. The Morgan fingerprint density at radius 1 is 1.06 bits per heavy atom. The summed E-state index contributed by atoms with van der Waals surface area (Å²) in [7, 11) is 1.90. The molecule has 1 amide bonds. The minimum Gasteiger partial charge on any atom is -0.473 e. The van der Waals surface area contributed by atoms with Crippen LogP contribution in [0, 0.1) is 13.8 Å². The lowest BCUT2D eigenvalue weighted by Gasteiger charge is -2.23. The molecule has 244 valence electrons. The van der Waals surface area contributed by atoms with E-state index in [9.17, 15) is 4.79 Å². The SMILES string of the molecule is Cc1cnc(Nc2cc(C)n(C)n2)nc1-c1c[nH]c2c(NC(=O)CN3CC[C@H](Oc4cc(NC5CCCCC5)ncn4)C3)cccc12. The second kappa shape index (κ2) is 13.4. The first kappa shape index (κ1) is 30.6. The molecule has 1 aromatic carbocycles. The Kier molecular flexibility index (Phi) is 8.70. The molecule has 2 fully saturated rings. The topological polar surface area (TPSA) is 151 Å². The van der Waals surface area contributed by atoms with Gasteiger partial charge >= 0.3 is 0 Å². The summed E-state index contributed by atoms with van der Waals surface area (Å²) in [5, 5.41) is 15.3. The van der Waals surface area contributed by atoms with Crippen molar-refractivity contribution in [2.75, 3.05) is 35.6 Å². The highest BCUT2D eigenvalue weighted by atomic mass is 16.5. The molecule has 1 saturated heterocycles. The van der Waals surface area contributed by atoms with Gasteiger partial charge < -0.3 is 25.7 Å². The van der Waals surface area contributed by atoms with Crippen LogP contribution < -0.4 is 20.7 Å². The summed E-state index contributed by atoms with van der Waals surface area (Å²) in [4.78, 5) is 36.7. The summed E-state index contributed by atoms with van der Waals surface area (Å²) in [5.74, 6) is 2.45. The summed E-state index contributed by atoms with van der Waals surface area (Å²) in [6.07, 6.45) is 12.2. The first-order valence-electron chi connectivity index (χ1n) is 16.4. The van der Waals surface area contributed by atoms with Gasteiger partial charge in [-0.3, -0.25) is 14.4 Å². The number of para-hydroxylation sites is 1. The zero-order chi connectivity index (χ0) is 32.3. The molecule has 2 aliphatic rings. The number of nitrogens with zero attached hydrogens (tertiary/aromatic N) is 7. The number of carbonyl (C=O) groups is 1. The van der Waals surface area contributed by atoms with Crippen molar-refractivity contribution in [2.45, 2.75) is 64.5 Å². The van der Waals surface area contributed by atoms with E-state index in [1.54, 1.807) is 17.2 Å². The van der Waals surface area contributed by atoms with Gasteiger partial charge in [0.2, 0.25) is 17.7 Å². The Hall–Kier alpha value is -5.04. The Bertz CT molecular complexity index is 1860. The van der Waals surface area contributed by atoms with E-state index in [1.807, 2.05) is 57.4 Å². The minimum atomic E-state index is -0.0781. The highest BCUT2D eigenvalue weighted by molar-refractivity contribution is 6.06. The van der Waals surface area contributed by atoms with Gasteiger partial charge in [0, 0.05) is 67.3 Å². The number of hydrogen-bond acceptors (Lipinski definition) is 10. The monoisotopic (exact) mass is 635 g/mol. The largest absolute Gasteiger partial charge is 0.473 e. The van der Waals surface area contributed by atoms with Crippen LogP contribution in [0.15, 0.2) is 49.1 Å². The van der Waals surface area contributed by atoms with Crippen molar-refractivity contribution in [3.05, 3.63) is 60.3 Å². The lowest BCUT2D eigenvalue weighted by atomic mass is 9.95. The summed E-state index contributed by atoms with van der Waals surface area (Å²) in [6, 6.07) is 10.2. The van der Waals surface area contributed by atoms with Gasteiger partial charge in [-0.25, -0.2) is 19.9 Å². The molecular weight excluding hydrogens is 594 g/mol. The Morgan fingerprint density at radius 2 is 1.94 bits per heavy atom. The fraction of sp³-hybridized carbons (Fsp3) is 0.412. The van der Waals surface area contributed by atoms with Gasteiger partial charge in [-0.1, -0.05) is 31.4 Å². The van der Waals surface area contributed by atoms with Crippen LogP contribution in [0.4, 0.5) is 23.3 Å². The summed E-state index contributed by atoms with van der Waals surface area (Å²) >= 11 is 0. The van der Waals surface area contributed by atoms with E-state index in [-0.39, 0.29) is 18.6 Å². The van der Waals surface area contributed by atoms with Gasteiger partial charge in [-0.15, -0.1) is 0 Å². The van der Waals surface area contributed by atoms with Gasteiger partial charge in [0.15, 0.2) is 5.82 Å². The predicted molar refractivity (Wildman–Crippen MR) is 182 cm³/mol. The molecule has 1 saturated carbocycles. The highest BCUT2D eigenvalue weighted by Crippen LogP contribution is 2.33. The normalized spacial score (nSPS) is 17.2. The first-order valence-corrected chi connectivity index (χ1v) is 16.4. The van der Waals surface area contributed by atoms with Crippen molar-refractivity contribution in [3.8, 4) is 17.1 Å². The van der Waals surface area contributed by atoms with E-state index in [1.165, 1.54) is 32.1 Å². The molecule has 4 aromatic heterocycles. The number of rotatable bonds is 10. The minimum absolute atomic E-state index is 0.0354. The third kappa shape index (κ3) is 7.04. The van der Waals surface area contributed by atoms with Crippen LogP contribution in [0.5, 0.6) is 5.88 Å². The molecule has 0 unspecified atom stereocenters. The van der Waals surface area contributed by atoms with Gasteiger partial charge in [0.05, 0.1) is 23.4 Å². The van der Waals surface area contributed by atoms with Crippen molar-refractivity contribution in [2.24, 2.45) is 7.05 Å². The molecule has 7 rings (SSSR count). The van der Waals surface area contributed by atoms with Gasteiger partial charge in [-0.2, -0.15) is 5.10 Å². The van der Waals surface area contributed by atoms with E-state index >= 15 is 0 Å². The van der Waals surface area contributed by atoms with E-state index < -0.39 is 0 Å². The first-order chi connectivity index (χ1) is 22.9. The smallest absolute Gasteiger partial charge is 0.238 e. The number of benzene rings is 1. The molecule has 13 nitrogen and oxygen atoms in total. The molecule has 5 heterocycles. The molecule has 1 atom stereocenters. The third-order valence-electron chi connectivity index (χ3n) is 9.05. The fourth-order valence-electron chi connectivity index (χ4n) is 6.51.